The van der Waals surface area contributed by atoms with Crippen molar-refractivity contribution in [3.63, 3.8) is 0 Å². The molecule has 0 aromatic heterocycles. The minimum Gasteiger partial charge on any atom is -0.481 e. The van der Waals surface area contributed by atoms with E-state index in [1.54, 1.807) is 0 Å². The molecular formula is C11H23NO3. The van der Waals surface area contributed by atoms with Gasteiger partial charge in [-0.25, -0.2) is 0 Å². The molecule has 0 spiro atoms. The molecule has 4 nitrogen and oxygen atoms in total. The quantitative estimate of drug-likeness (QED) is 0.546. The van der Waals surface area contributed by atoms with Gasteiger partial charge < -0.3 is 15.2 Å². The minimum atomic E-state index is -0.720. The van der Waals surface area contributed by atoms with E-state index in [4.69, 9.17) is 9.84 Å². The van der Waals surface area contributed by atoms with Crippen LogP contribution in [-0.4, -0.2) is 36.9 Å². The highest BCUT2D eigenvalue weighted by Crippen LogP contribution is 1.93. The van der Waals surface area contributed by atoms with Crippen LogP contribution in [0.5, 0.6) is 0 Å². The number of hydrogen-bond donors (Lipinski definition) is 2. The first-order chi connectivity index (χ1) is 7.13. The van der Waals surface area contributed by atoms with E-state index in [1.807, 2.05) is 13.8 Å². The average Bonchev–Trinajstić information content (AvgIpc) is 2.14. The van der Waals surface area contributed by atoms with Crippen molar-refractivity contribution in [2.24, 2.45) is 0 Å². The molecule has 0 aromatic rings. The fraction of sp³-hybridized carbons (Fsp3) is 0.909. The zero-order valence-electron chi connectivity index (χ0n) is 9.79. The van der Waals surface area contributed by atoms with Crippen LogP contribution in [0.2, 0.25) is 0 Å². The first-order valence-electron chi connectivity index (χ1n) is 5.67. The zero-order valence-corrected chi connectivity index (χ0v) is 9.79. The number of carbonyl (C=O) groups is 1. The number of carboxylic acid groups (broad SMARTS) is 1. The molecule has 0 fully saturated rings. The van der Waals surface area contributed by atoms with E-state index in [0.717, 1.165) is 32.5 Å². The Kier molecular flexibility index (Phi) is 9.52. The average molecular weight is 217 g/mol. The van der Waals surface area contributed by atoms with Crippen molar-refractivity contribution in [3.8, 4) is 0 Å². The summed E-state index contributed by atoms with van der Waals surface area (Å²) in [6.45, 7) is 6.61. The molecule has 0 aliphatic heterocycles. The largest absolute Gasteiger partial charge is 0.481 e. The van der Waals surface area contributed by atoms with Crippen molar-refractivity contribution in [2.75, 3.05) is 19.7 Å². The standard InChI is InChI=1S/C11H23NO3/c1-10(2)15-9-4-3-7-12-8-5-6-11(13)14/h10,12H,3-9H2,1-2H3,(H,13,14). The minimum absolute atomic E-state index is 0.253. The van der Waals surface area contributed by atoms with Crippen molar-refractivity contribution >= 4 is 5.97 Å². The summed E-state index contributed by atoms with van der Waals surface area (Å²) >= 11 is 0. The SMILES string of the molecule is CC(C)OCCCCNCCCC(=O)O. The van der Waals surface area contributed by atoms with E-state index in [-0.39, 0.29) is 6.42 Å². The van der Waals surface area contributed by atoms with Crippen molar-refractivity contribution in [3.05, 3.63) is 0 Å². The smallest absolute Gasteiger partial charge is 0.303 e. The summed E-state index contributed by atoms with van der Waals surface area (Å²) in [6, 6.07) is 0. The molecule has 0 aliphatic rings. The van der Waals surface area contributed by atoms with Crippen LogP contribution in [0.25, 0.3) is 0 Å². The maximum Gasteiger partial charge on any atom is 0.303 e. The Bertz CT molecular complexity index is 160. The highest BCUT2D eigenvalue weighted by Gasteiger charge is 1.96. The molecule has 0 rings (SSSR count). The number of ether oxygens (including phenoxy) is 1. The summed E-state index contributed by atoms with van der Waals surface area (Å²) in [5.74, 6) is -0.720. The first kappa shape index (κ1) is 14.4. The zero-order chi connectivity index (χ0) is 11.5. The normalized spacial score (nSPS) is 10.9. The van der Waals surface area contributed by atoms with Crippen LogP contribution >= 0.6 is 0 Å². The van der Waals surface area contributed by atoms with E-state index in [9.17, 15) is 4.79 Å². The van der Waals surface area contributed by atoms with Gasteiger partial charge in [0.05, 0.1) is 6.10 Å². The van der Waals surface area contributed by atoms with Crippen LogP contribution in [0.3, 0.4) is 0 Å². The third-order valence-corrected chi connectivity index (χ3v) is 1.94. The molecule has 0 bridgehead atoms. The van der Waals surface area contributed by atoms with Crippen molar-refractivity contribution in [1.82, 2.24) is 5.32 Å². The summed E-state index contributed by atoms with van der Waals surface area (Å²) in [4.78, 5) is 10.2. The van der Waals surface area contributed by atoms with Gasteiger partial charge in [0.2, 0.25) is 0 Å². The molecule has 0 saturated carbocycles. The van der Waals surface area contributed by atoms with Gasteiger partial charge in [-0.05, 0) is 46.2 Å². The van der Waals surface area contributed by atoms with E-state index < -0.39 is 5.97 Å². The molecule has 90 valence electrons. The molecule has 0 amide bonds. The molecule has 0 atom stereocenters. The van der Waals surface area contributed by atoms with Gasteiger partial charge in [0.15, 0.2) is 0 Å². The van der Waals surface area contributed by atoms with Crippen LogP contribution in [0, 0.1) is 0 Å². The van der Waals surface area contributed by atoms with Crippen LogP contribution < -0.4 is 5.32 Å². The fourth-order valence-electron chi connectivity index (χ4n) is 1.16. The summed E-state index contributed by atoms with van der Waals surface area (Å²) in [6.07, 6.45) is 3.42. The monoisotopic (exact) mass is 217 g/mol. The number of aliphatic carboxylic acids is 1. The maximum absolute atomic E-state index is 10.2. The Morgan fingerprint density at radius 2 is 1.93 bits per heavy atom. The van der Waals surface area contributed by atoms with Crippen LogP contribution in [0.4, 0.5) is 0 Å². The lowest BCUT2D eigenvalue weighted by Gasteiger charge is -2.07. The van der Waals surface area contributed by atoms with Crippen molar-refractivity contribution < 1.29 is 14.6 Å². The number of unbranched alkanes of at least 4 members (excludes halogenated alkanes) is 1. The lowest BCUT2D eigenvalue weighted by molar-refractivity contribution is -0.137. The van der Waals surface area contributed by atoms with Crippen LogP contribution in [-0.2, 0) is 9.53 Å². The van der Waals surface area contributed by atoms with Gasteiger partial charge >= 0.3 is 5.97 Å². The highest BCUT2D eigenvalue weighted by molar-refractivity contribution is 5.66. The van der Waals surface area contributed by atoms with Crippen LogP contribution in [0.1, 0.15) is 39.5 Å². The summed E-state index contributed by atoms with van der Waals surface area (Å²) < 4.78 is 5.40. The van der Waals surface area contributed by atoms with Crippen molar-refractivity contribution in [2.45, 2.75) is 45.6 Å². The second-order valence-electron chi connectivity index (χ2n) is 3.87. The molecule has 0 saturated heterocycles. The van der Waals surface area contributed by atoms with Gasteiger partial charge in [-0.15, -0.1) is 0 Å². The number of nitrogens with one attached hydrogen (secondary N) is 1. The van der Waals surface area contributed by atoms with E-state index >= 15 is 0 Å². The molecule has 0 radical (unpaired) electrons. The van der Waals surface area contributed by atoms with Gasteiger partial charge in [0.25, 0.3) is 0 Å². The van der Waals surface area contributed by atoms with Gasteiger partial charge in [-0.1, -0.05) is 0 Å². The Labute approximate surface area is 92.0 Å². The number of rotatable bonds is 10. The summed E-state index contributed by atoms with van der Waals surface area (Å²) in [7, 11) is 0. The molecule has 15 heavy (non-hydrogen) atoms. The summed E-state index contributed by atoms with van der Waals surface area (Å²) in [5.41, 5.74) is 0. The fourth-order valence-corrected chi connectivity index (χ4v) is 1.16. The second-order valence-corrected chi connectivity index (χ2v) is 3.87. The number of carboxylic acids is 1. The Hall–Kier alpha value is -0.610. The summed E-state index contributed by atoms with van der Waals surface area (Å²) in [5, 5.41) is 11.6. The van der Waals surface area contributed by atoms with E-state index in [0.29, 0.717) is 12.5 Å². The van der Waals surface area contributed by atoms with E-state index in [2.05, 4.69) is 5.32 Å². The molecule has 0 heterocycles. The highest BCUT2D eigenvalue weighted by atomic mass is 16.5. The topological polar surface area (TPSA) is 58.6 Å². The molecule has 0 aliphatic carbocycles. The third kappa shape index (κ3) is 13.4. The van der Waals surface area contributed by atoms with Crippen LogP contribution in [0.15, 0.2) is 0 Å². The Morgan fingerprint density at radius 3 is 2.53 bits per heavy atom. The van der Waals surface area contributed by atoms with Gasteiger partial charge in [0.1, 0.15) is 0 Å². The molecular weight excluding hydrogens is 194 g/mol. The lowest BCUT2D eigenvalue weighted by atomic mass is 10.3. The van der Waals surface area contributed by atoms with Gasteiger partial charge in [-0.3, -0.25) is 4.79 Å². The molecule has 2 N–H and O–H groups in total. The third-order valence-electron chi connectivity index (χ3n) is 1.94. The lowest BCUT2D eigenvalue weighted by Crippen LogP contribution is -2.18. The van der Waals surface area contributed by atoms with E-state index in [1.165, 1.54) is 0 Å². The molecule has 4 heteroatoms. The van der Waals surface area contributed by atoms with Gasteiger partial charge in [-0.2, -0.15) is 0 Å². The molecule has 0 aromatic carbocycles. The van der Waals surface area contributed by atoms with Gasteiger partial charge in [0, 0.05) is 13.0 Å². The Morgan fingerprint density at radius 1 is 1.27 bits per heavy atom. The second kappa shape index (κ2) is 9.93. The predicted octanol–water partition coefficient (Wildman–Crippen LogP) is 1.65. The van der Waals surface area contributed by atoms with Crippen molar-refractivity contribution in [1.29, 1.82) is 0 Å². The number of hydrogen-bond acceptors (Lipinski definition) is 3. The predicted molar refractivity (Wildman–Crippen MR) is 60.1 cm³/mol. The first-order valence-corrected chi connectivity index (χ1v) is 5.67. The maximum atomic E-state index is 10.2. The Balaban J connectivity index is 2.96. The molecule has 0 unspecified atom stereocenters.